The molecule has 1 fully saturated rings. The molecule has 0 aromatic carbocycles. The third-order valence-electron chi connectivity index (χ3n) is 3.76. The minimum absolute atomic E-state index is 0.159. The Labute approximate surface area is 120 Å². The average molecular weight is 286 g/mol. The van der Waals surface area contributed by atoms with Gasteiger partial charge in [-0.15, -0.1) is 0 Å². The van der Waals surface area contributed by atoms with Crippen molar-refractivity contribution in [3.8, 4) is 0 Å². The van der Waals surface area contributed by atoms with Crippen LogP contribution in [-0.4, -0.2) is 54.9 Å². The lowest BCUT2D eigenvalue weighted by Crippen LogP contribution is -2.47. The van der Waals surface area contributed by atoms with Crippen LogP contribution >= 0.6 is 0 Å². The number of ether oxygens (including phenoxy) is 1. The second kappa shape index (κ2) is 8.79. The van der Waals surface area contributed by atoms with Crippen molar-refractivity contribution < 1.29 is 19.4 Å². The molecular weight excluding hydrogens is 260 g/mol. The number of nitrogens with zero attached hydrogens (tertiary/aromatic N) is 1. The van der Waals surface area contributed by atoms with E-state index in [1.165, 1.54) is 18.4 Å². The van der Waals surface area contributed by atoms with Crippen LogP contribution in [0.15, 0.2) is 0 Å². The Morgan fingerprint density at radius 2 is 2.05 bits per heavy atom. The van der Waals surface area contributed by atoms with Gasteiger partial charge < -0.3 is 20.1 Å². The van der Waals surface area contributed by atoms with E-state index in [9.17, 15) is 9.59 Å². The van der Waals surface area contributed by atoms with Gasteiger partial charge in [-0.3, -0.25) is 4.79 Å². The van der Waals surface area contributed by atoms with Crippen molar-refractivity contribution in [1.82, 2.24) is 10.2 Å². The van der Waals surface area contributed by atoms with Crippen LogP contribution in [0.1, 0.15) is 39.0 Å². The first-order valence-corrected chi connectivity index (χ1v) is 7.29. The summed E-state index contributed by atoms with van der Waals surface area (Å²) in [6.07, 6.45) is 5.37. The molecule has 1 rings (SSSR count). The van der Waals surface area contributed by atoms with Gasteiger partial charge >= 0.3 is 12.0 Å². The predicted molar refractivity (Wildman–Crippen MR) is 75.7 cm³/mol. The zero-order valence-electron chi connectivity index (χ0n) is 12.4. The van der Waals surface area contributed by atoms with Gasteiger partial charge in [0.05, 0.1) is 6.61 Å². The van der Waals surface area contributed by atoms with E-state index in [2.05, 4.69) is 12.2 Å². The number of hydrogen-bond acceptors (Lipinski definition) is 3. The molecule has 0 saturated heterocycles. The van der Waals surface area contributed by atoms with E-state index in [1.807, 2.05) is 0 Å². The van der Waals surface area contributed by atoms with Gasteiger partial charge in [0.1, 0.15) is 6.54 Å². The van der Waals surface area contributed by atoms with Gasteiger partial charge in [0.15, 0.2) is 0 Å². The summed E-state index contributed by atoms with van der Waals surface area (Å²) >= 11 is 0. The minimum Gasteiger partial charge on any atom is -0.480 e. The summed E-state index contributed by atoms with van der Waals surface area (Å²) in [4.78, 5) is 24.2. The van der Waals surface area contributed by atoms with E-state index in [-0.39, 0.29) is 25.2 Å². The zero-order chi connectivity index (χ0) is 15.0. The number of carbonyl (C=O) groups is 2. The van der Waals surface area contributed by atoms with Crippen LogP contribution in [0.4, 0.5) is 4.79 Å². The zero-order valence-corrected chi connectivity index (χ0v) is 12.4. The molecule has 0 spiro atoms. The van der Waals surface area contributed by atoms with E-state index in [4.69, 9.17) is 9.84 Å². The minimum atomic E-state index is -1.01. The molecule has 0 aromatic heterocycles. The monoisotopic (exact) mass is 286 g/mol. The standard InChI is InChI=1S/C14H26N2O4/c1-11-4-3-5-12(7-6-11)15-14(19)16(8-9-20-2)10-13(17)18/h11-12H,3-10H2,1-2H3,(H,15,19)(H,17,18). The third-order valence-corrected chi connectivity index (χ3v) is 3.76. The van der Waals surface area contributed by atoms with Crippen molar-refractivity contribution in [3.63, 3.8) is 0 Å². The van der Waals surface area contributed by atoms with Crippen LogP contribution in [0.5, 0.6) is 0 Å². The van der Waals surface area contributed by atoms with Crippen molar-refractivity contribution in [3.05, 3.63) is 0 Å². The normalized spacial score (nSPS) is 22.9. The molecule has 6 nitrogen and oxygen atoms in total. The maximum absolute atomic E-state index is 12.1. The van der Waals surface area contributed by atoms with Crippen LogP contribution < -0.4 is 5.32 Å². The molecule has 0 bridgehead atoms. The molecule has 20 heavy (non-hydrogen) atoms. The largest absolute Gasteiger partial charge is 0.480 e. The van der Waals surface area contributed by atoms with Gasteiger partial charge in [-0.25, -0.2) is 4.79 Å². The molecule has 116 valence electrons. The number of rotatable bonds is 6. The molecule has 2 atom stereocenters. The molecule has 0 aliphatic heterocycles. The van der Waals surface area contributed by atoms with E-state index in [0.717, 1.165) is 25.7 Å². The van der Waals surface area contributed by atoms with Crippen LogP contribution in [-0.2, 0) is 9.53 Å². The number of carboxylic acids is 1. The van der Waals surface area contributed by atoms with Crippen molar-refractivity contribution in [1.29, 1.82) is 0 Å². The number of amides is 2. The second-order valence-electron chi connectivity index (χ2n) is 5.57. The maximum Gasteiger partial charge on any atom is 0.323 e. The first-order valence-electron chi connectivity index (χ1n) is 7.29. The van der Waals surface area contributed by atoms with Crippen molar-refractivity contribution in [2.24, 2.45) is 5.92 Å². The highest BCUT2D eigenvalue weighted by Gasteiger charge is 2.22. The lowest BCUT2D eigenvalue weighted by molar-refractivity contribution is -0.137. The summed E-state index contributed by atoms with van der Waals surface area (Å²) in [6, 6.07) is -0.143. The molecule has 1 aliphatic carbocycles. The molecule has 2 N–H and O–H groups in total. The fourth-order valence-electron chi connectivity index (χ4n) is 2.51. The smallest absolute Gasteiger partial charge is 0.323 e. The Bertz CT molecular complexity index is 322. The van der Waals surface area contributed by atoms with Crippen molar-refractivity contribution in [2.45, 2.75) is 45.1 Å². The van der Waals surface area contributed by atoms with Crippen molar-refractivity contribution in [2.75, 3.05) is 26.8 Å². The summed E-state index contributed by atoms with van der Waals surface area (Å²) in [5.41, 5.74) is 0. The van der Waals surface area contributed by atoms with Crippen molar-refractivity contribution >= 4 is 12.0 Å². The van der Waals surface area contributed by atoms with Gasteiger partial charge in [0, 0.05) is 19.7 Å². The number of carbonyl (C=O) groups excluding carboxylic acids is 1. The van der Waals surface area contributed by atoms with Gasteiger partial charge in [-0.2, -0.15) is 0 Å². The number of nitrogens with one attached hydrogen (secondary N) is 1. The average Bonchev–Trinajstić information content (AvgIpc) is 2.59. The fraction of sp³-hybridized carbons (Fsp3) is 0.857. The summed E-state index contributed by atoms with van der Waals surface area (Å²) in [5, 5.41) is 11.8. The van der Waals surface area contributed by atoms with Crippen LogP contribution in [0.2, 0.25) is 0 Å². The molecule has 0 heterocycles. The Morgan fingerprint density at radius 1 is 1.30 bits per heavy atom. The van der Waals surface area contributed by atoms with Gasteiger partial charge in [0.2, 0.25) is 0 Å². The Balaban J connectivity index is 2.48. The summed E-state index contributed by atoms with van der Waals surface area (Å²) < 4.78 is 4.91. The summed E-state index contributed by atoms with van der Waals surface area (Å²) in [5.74, 6) is -0.300. The maximum atomic E-state index is 12.1. The summed E-state index contributed by atoms with van der Waals surface area (Å²) in [6.45, 7) is 2.57. The molecule has 6 heteroatoms. The quantitative estimate of drug-likeness (QED) is 0.728. The van der Waals surface area contributed by atoms with E-state index in [1.54, 1.807) is 0 Å². The molecular formula is C14H26N2O4. The molecule has 1 aliphatic rings. The topological polar surface area (TPSA) is 78.9 Å². The second-order valence-corrected chi connectivity index (χ2v) is 5.57. The highest BCUT2D eigenvalue weighted by Crippen LogP contribution is 2.22. The van der Waals surface area contributed by atoms with Crippen LogP contribution in [0.25, 0.3) is 0 Å². The number of aliphatic carboxylic acids is 1. The van der Waals surface area contributed by atoms with E-state index in [0.29, 0.717) is 12.5 Å². The lowest BCUT2D eigenvalue weighted by Gasteiger charge is -2.24. The first kappa shape index (κ1) is 16.8. The number of methoxy groups -OCH3 is 1. The van der Waals surface area contributed by atoms with Gasteiger partial charge in [0.25, 0.3) is 0 Å². The third kappa shape index (κ3) is 6.23. The van der Waals surface area contributed by atoms with Crippen LogP contribution in [0.3, 0.4) is 0 Å². The molecule has 2 unspecified atom stereocenters. The predicted octanol–water partition coefficient (Wildman–Crippen LogP) is 1.70. The molecule has 0 radical (unpaired) electrons. The first-order chi connectivity index (χ1) is 9.52. The fourth-order valence-corrected chi connectivity index (χ4v) is 2.51. The number of urea groups is 1. The van der Waals surface area contributed by atoms with E-state index < -0.39 is 5.97 Å². The van der Waals surface area contributed by atoms with Crippen LogP contribution in [0, 0.1) is 5.92 Å². The Hall–Kier alpha value is -1.30. The van der Waals surface area contributed by atoms with Gasteiger partial charge in [-0.1, -0.05) is 19.8 Å². The SMILES string of the molecule is COCCN(CC(=O)O)C(=O)NC1CCCC(C)CC1. The highest BCUT2D eigenvalue weighted by atomic mass is 16.5. The number of hydrogen-bond donors (Lipinski definition) is 2. The molecule has 0 aromatic rings. The Morgan fingerprint density at radius 3 is 2.70 bits per heavy atom. The highest BCUT2D eigenvalue weighted by molar-refractivity contribution is 5.80. The number of carboxylic acid groups (broad SMARTS) is 1. The van der Waals surface area contributed by atoms with Gasteiger partial charge in [-0.05, 0) is 25.2 Å². The summed E-state index contributed by atoms with van der Waals surface area (Å²) in [7, 11) is 1.53. The lowest BCUT2D eigenvalue weighted by atomic mass is 10.0. The molecule has 2 amide bonds. The van der Waals surface area contributed by atoms with E-state index >= 15 is 0 Å². The Kier molecular flexibility index (Phi) is 7.36. The molecule has 1 saturated carbocycles.